The zero-order valence-electron chi connectivity index (χ0n) is 14.7. The molecule has 0 heterocycles. The Morgan fingerprint density at radius 2 is 1.83 bits per heavy atom. The molecule has 0 bridgehead atoms. The zero-order valence-corrected chi connectivity index (χ0v) is 15.5. The van der Waals surface area contributed by atoms with E-state index in [1.807, 2.05) is 13.8 Å². The van der Waals surface area contributed by atoms with Gasteiger partial charge in [0.05, 0.1) is 11.4 Å². The van der Waals surface area contributed by atoms with Crippen molar-refractivity contribution in [2.75, 3.05) is 20.1 Å². The Morgan fingerprint density at radius 3 is 2.38 bits per heavy atom. The first-order valence-electron chi connectivity index (χ1n) is 7.70. The number of aryl methyl sites for hydroxylation is 2. The fourth-order valence-electron chi connectivity index (χ4n) is 2.02. The SMILES string of the molecule is CCNC(=O)C(C)NC(=O)CN(C)S(=O)(=O)c1ccc(C)c(C)c1. The first kappa shape index (κ1) is 20.1. The molecule has 0 aliphatic rings. The summed E-state index contributed by atoms with van der Waals surface area (Å²) in [6, 6.07) is 4.10. The van der Waals surface area contributed by atoms with E-state index in [4.69, 9.17) is 0 Å². The highest BCUT2D eigenvalue weighted by atomic mass is 32.2. The second-order valence-corrected chi connectivity index (χ2v) is 7.74. The molecule has 2 N–H and O–H groups in total. The average Bonchev–Trinajstić information content (AvgIpc) is 2.49. The van der Waals surface area contributed by atoms with Gasteiger partial charge < -0.3 is 10.6 Å². The van der Waals surface area contributed by atoms with Crippen LogP contribution >= 0.6 is 0 Å². The zero-order chi connectivity index (χ0) is 18.5. The van der Waals surface area contributed by atoms with Gasteiger partial charge >= 0.3 is 0 Å². The van der Waals surface area contributed by atoms with Gasteiger partial charge in [0, 0.05) is 13.6 Å². The number of sulfonamides is 1. The van der Waals surface area contributed by atoms with Gasteiger partial charge in [0.1, 0.15) is 6.04 Å². The standard InChI is InChI=1S/C16H25N3O4S/c1-6-17-16(21)13(4)18-15(20)10-19(5)24(22,23)14-8-7-11(2)12(3)9-14/h7-9,13H,6,10H2,1-5H3,(H,17,21)(H,18,20). The molecule has 0 aromatic heterocycles. The lowest BCUT2D eigenvalue weighted by Crippen LogP contribution is -2.48. The Kier molecular flexibility index (Phi) is 6.92. The molecule has 8 heteroatoms. The number of nitrogens with zero attached hydrogens (tertiary/aromatic N) is 1. The van der Waals surface area contributed by atoms with Crippen LogP contribution in [0, 0.1) is 13.8 Å². The molecule has 7 nitrogen and oxygen atoms in total. The maximum absolute atomic E-state index is 12.5. The second-order valence-electron chi connectivity index (χ2n) is 5.69. The van der Waals surface area contributed by atoms with Gasteiger partial charge in [0.15, 0.2) is 0 Å². The molecule has 1 rings (SSSR count). The van der Waals surface area contributed by atoms with Crippen LogP contribution in [0.2, 0.25) is 0 Å². The summed E-state index contributed by atoms with van der Waals surface area (Å²) in [7, 11) is -2.43. The molecule has 1 atom stereocenters. The van der Waals surface area contributed by atoms with Gasteiger partial charge in [-0.2, -0.15) is 4.31 Å². The molecule has 0 spiro atoms. The predicted molar refractivity (Wildman–Crippen MR) is 92.0 cm³/mol. The number of nitrogens with one attached hydrogen (secondary N) is 2. The van der Waals surface area contributed by atoms with Crippen molar-refractivity contribution in [1.82, 2.24) is 14.9 Å². The lowest BCUT2D eigenvalue weighted by molar-refractivity contribution is -0.128. The molecule has 134 valence electrons. The van der Waals surface area contributed by atoms with E-state index in [0.29, 0.717) is 6.54 Å². The average molecular weight is 355 g/mol. The third-order valence-electron chi connectivity index (χ3n) is 3.67. The number of hydrogen-bond donors (Lipinski definition) is 2. The maximum Gasteiger partial charge on any atom is 0.243 e. The van der Waals surface area contributed by atoms with Crippen LogP contribution in [0.4, 0.5) is 0 Å². The fourth-order valence-corrected chi connectivity index (χ4v) is 3.23. The number of hydrogen-bond acceptors (Lipinski definition) is 4. The quantitative estimate of drug-likeness (QED) is 0.747. The molecule has 0 aliphatic carbocycles. The van der Waals surface area contributed by atoms with Crippen LogP contribution in [0.3, 0.4) is 0 Å². The normalized spacial score (nSPS) is 12.8. The Morgan fingerprint density at radius 1 is 1.21 bits per heavy atom. The first-order valence-corrected chi connectivity index (χ1v) is 9.14. The van der Waals surface area contributed by atoms with Crippen molar-refractivity contribution in [2.24, 2.45) is 0 Å². The molecule has 24 heavy (non-hydrogen) atoms. The molecule has 0 aliphatic heterocycles. The number of benzene rings is 1. The lowest BCUT2D eigenvalue weighted by atomic mass is 10.1. The monoisotopic (exact) mass is 355 g/mol. The highest BCUT2D eigenvalue weighted by Gasteiger charge is 2.24. The van der Waals surface area contributed by atoms with Crippen LogP contribution in [-0.4, -0.2) is 50.7 Å². The van der Waals surface area contributed by atoms with Crippen molar-refractivity contribution in [3.63, 3.8) is 0 Å². The third-order valence-corrected chi connectivity index (χ3v) is 5.47. The van der Waals surface area contributed by atoms with E-state index in [0.717, 1.165) is 15.4 Å². The molecule has 2 amide bonds. The van der Waals surface area contributed by atoms with Crippen molar-refractivity contribution in [3.05, 3.63) is 29.3 Å². The van der Waals surface area contributed by atoms with Gasteiger partial charge in [-0.05, 0) is 51.0 Å². The predicted octanol–water partition coefficient (Wildman–Crippen LogP) is 0.565. The molecule has 1 unspecified atom stereocenters. The highest BCUT2D eigenvalue weighted by molar-refractivity contribution is 7.89. The van der Waals surface area contributed by atoms with Gasteiger partial charge in [-0.25, -0.2) is 8.42 Å². The van der Waals surface area contributed by atoms with Crippen LogP contribution in [0.5, 0.6) is 0 Å². The number of amides is 2. The minimum atomic E-state index is -3.77. The maximum atomic E-state index is 12.5. The third kappa shape index (κ3) is 5.04. The summed E-state index contributed by atoms with van der Waals surface area (Å²) >= 11 is 0. The van der Waals surface area contributed by atoms with E-state index < -0.39 is 22.0 Å². The van der Waals surface area contributed by atoms with E-state index in [-0.39, 0.29) is 17.3 Å². The van der Waals surface area contributed by atoms with Crippen molar-refractivity contribution in [1.29, 1.82) is 0 Å². The number of rotatable bonds is 7. The van der Waals surface area contributed by atoms with Crippen molar-refractivity contribution >= 4 is 21.8 Å². The summed E-state index contributed by atoms with van der Waals surface area (Å²) < 4.78 is 26.0. The lowest BCUT2D eigenvalue weighted by Gasteiger charge is -2.19. The van der Waals surface area contributed by atoms with Crippen molar-refractivity contribution in [2.45, 2.75) is 38.6 Å². The summed E-state index contributed by atoms with van der Waals surface area (Å²) in [4.78, 5) is 23.7. The van der Waals surface area contributed by atoms with Crippen LogP contribution in [0.15, 0.2) is 23.1 Å². The molecule has 1 aromatic rings. The van der Waals surface area contributed by atoms with Gasteiger partial charge in [0.2, 0.25) is 21.8 Å². The van der Waals surface area contributed by atoms with Gasteiger partial charge in [-0.15, -0.1) is 0 Å². The summed E-state index contributed by atoms with van der Waals surface area (Å²) in [6.07, 6.45) is 0. The van der Waals surface area contributed by atoms with E-state index >= 15 is 0 Å². The van der Waals surface area contributed by atoms with Gasteiger partial charge in [-0.1, -0.05) is 6.07 Å². The van der Waals surface area contributed by atoms with Crippen molar-refractivity contribution in [3.8, 4) is 0 Å². The molecule has 0 radical (unpaired) electrons. The molecular weight excluding hydrogens is 330 g/mol. The number of carbonyl (C=O) groups is 2. The topological polar surface area (TPSA) is 95.6 Å². The molecule has 0 saturated carbocycles. The molecule has 1 aromatic carbocycles. The van der Waals surface area contributed by atoms with Crippen LogP contribution in [-0.2, 0) is 19.6 Å². The van der Waals surface area contributed by atoms with Crippen LogP contribution in [0.1, 0.15) is 25.0 Å². The Hall–Kier alpha value is -1.93. The molecule has 0 saturated heterocycles. The largest absolute Gasteiger partial charge is 0.355 e. The van der Waals surface area contributed by atoms with E-state index in [1.165, 1.54) is 13.1 Å². The van der Waals surface area contributed by atoms with E-state index in [2.05, 4.69) is 10.6 Å². The first-order chi connectivity index (χ1) is 11.1. The minimum Gasteiger partial charge on any atom is -0.355 e. The molecule has 0 fully saturated rings. The summed E-state index contributed by atoms with van der Waals surface area (Å²) in [5.74, 6) is -0.853. The number of carbonyl (C=O) groups excluding carboxylic acids is 2. The highest BCUT2D eigenvalue weighted by Crippen LogP contribution is 2.17. The molecular formula is C16H25N3O4S. The van der Waals surface area contributed by atoms with E-state index in [9.17, 15) is 18.0 Å². The Labute approximate surface area is 143 Å². The fraction of sp³-hybridized carbons (Fsp3) is 0.500. The van der Waals surface area contributed by atoms with E-state index in [1.54, 1.807) is 26.0 Å². The minimum absolute atomic E-state index is 0.137. The Bertz CT molecular complexity index is 716. The Balaban J connectivity index is 2.78. The second kappa shape index (κ2) is 8.25. The van der Waals surface area contributed by atoms with Crippen LogP contribution < -0.4 is 10.6 Å². The van der Waals surface area contributed by atoms with Crippen molar-refractivity contribution < 1.29 is 18.0 Å². The summed E-state index contributed by atoms with van der Waals surface area (Å²) in [5, 5.41) is 5.07. The van der Waals surface area contributed by atoms with Crippen LogP contribution in [0.25, 0.3) is 0 Å². The van der Waals surface area contributed by atoms with Gasteiger partial charge in [-0.3, -0.25) is 9.59 Å². The summed E-state index contributed by atoms with van der Waals surface area (Å²) in [6.45, 7) is 7.14. The van der Waals surface area contributed by atoms with Gasteiger partial charge in [0.25, 0.3) is 0 Å². The number of likely N-dealkylation sites (N-methyl/N-ethyl adjacent to an activating group) is 2. The smallest absolute Gasteiger partial charge is 0.243 e. The summed E-state index contributed by atoms with van der Waals surface area (Å²) in [5.41, 5.74) is 1.85.